The highest BCUT2D eigenvalue weighted by molar-refractivity contribution is 8.01. The molecule has 0 bridgehead atoms. The van der Waals surface area contributed by atoms with E-state index in [-0.39, 0.29) is 0 Å². The summed E-state index contributed by atoms with van der Waals surface area (Å²) in [5, 5.41) is 2.07. The van der Waals surface area contributed by atoms with E-state index in [2.05, 4.69) is 36.9 Å². The van der Waals surface area contributed by atoms with Crippen LogP contribution in [0, 0.1) is 23.7 Å². The molecule has 4 fully saturated rings. The topological polar surface area (TPSA) is 12.0 Å². The van der Waals surface area contributed by atoms with E-state index in [9.17, 15) is 0 Å². The smallest absolute Gasteiger partial charge is 0.123 e. The molecule has 1 saturated heterocycles. The monoisotopic (exact) mass is 323 g/mol. The van der Waals surface area contributed by atoms with Gasteiger partial charge in [-0.05, 0) is 55.5 Å². The minimum atomic E-state index is -1.27. The average molecular weight is 324 g/mol. The van der Waals surface area contributed by atoms with Gasteiger partial charge in [0.25, 0.3) is 0 Å². The summed E-state index contributed by atoms with van der Waals surface area (Å²) >= 11 is 2.48. The van der Waals surface area contributed by atoms with Gasteiger partial charge in [-0.2, -0.15) is 11.8 Å². The lowest BCUT2D eigenvalue weighted by molar-refractivity contribution is 0.164. The van der Waals surface area contributed by atoms with Crippen molar-refractivity contribution < 1.29 is 0 Å². The van der Waals surface area contributed by atoms with Crippen LogP contribution in [0.25, 0.3) is 0 Å². The molecule has 120 valence electrons. The van der Waals surface area contributed by atoms with Gasteiger partial charge in [-0.3, -0.25) is 0 Å². The van der Waals surface area contributed by atoms with Crippen molar-refractivity contribution in [3.63, 3.8) is 0 Å². The van der Waals surface area contributed by atoms with Gasteiger partial charge >= 0.3 is 0 Å². The van der Waals surface area contributed by atoms with Crippen molar-refractivity contribution in [3.05, 3.63) is 0 Å². The van der Waals surface area contributed by atoms with Crippen molar-refractivity contribution in [1.82, 2.24) is 4.98 Å². The van der Waals surface area contributed by atoms with Gasteiger partial charge in [0.1, 0.15) is 8.24 Å². The van der Waals surface area contributed by atoms with Gasteiger partial charge in [-0.25, -0.2) is 0 Å². The van der Waals surface area contributed by atoms with E-state index in [0.29, 0.717) is 0 Å². The van der Waals surface area contributed by atoms with Gasteiger partial charge in [0, 0.05) is 10.5 Å². The third-order valence-corrected chi connectivity index (χ3v) is 13.5. The van der Waals surface area contributed by atoms with Crippen molar-refractivity contribution in [2.24, 2.45) is 23.7 Å². The van der Waals surface area contributed by atoms with Crippen LogP contribution in [0.2, 0.25) is 18.6 Å². The molecule has 1 nitrogen and oxygen atoms in total. The maximum absolute atomic E-state index is 3.84. The van der Waals surface area contributed by atoms with E-state index < -0.39 is 8.24 Å². The fourth-order valence-electron chi connectivity index (χ4n) is 6.62. The summed E-state index contributed by atoms with van der Waals surface area (Å²) in [5.74, 6) is 4.40. The molecule has 21 heavy (non-hydrogen) atoms. The van der Waals surface area contributed by atoms with Crippen molar-refractivity contribution in [2.75, 3.05) is 7.05 Å². The molecule has 4 rings (SSSR count). The number of hydrogen-bond donors (Lipinski definition) is 1. The lowest BCUT2D eigenvalue weighted by Gasteiger charge is -2.40. The number of nitrogens with one attached hydrogen (secondary N) is 1. The van der Waals surface area contributed by atoms with Gasteiger partial charge in [0.2, 0.25) is 0 Å². The van der Waals surface area contributed by atoms with Crippen molar-refractivity contribution >= 4 is 20.0 Å². The van der Waals surface area contributed by atoms with Crippen molar-refractivity contribution in [2.45, 2.75) is 80.5 Å². The van der Waals surface area contributed by atoms with Crippen molar-refractivity contribution in [3.8, 4) is 0 Å². The van der Waals surface area contributed by atoms with Crippen LogP contribution in [-0.2, 0) is 0 Å². The highest BCUT2D eigenvalue weighted by Gasteiger charge is 2.62. The molecule has 7 unspecified atom stereocenters. The summed E-state index contributed by atoms with van der Waals surface area (Å²) in [6.45, 7) is 5.24. The molecule has 1 heterocycles. The second kappa shape index (κ2) is 5.56. The predicted octanol–water partition coefficient (Wildman–Crippen LogP) is 4.89. The molecule has 3 saturated carbocycles. The molecule has 0 radical (unpaired) electrons. The fraction of sp³-hybridized carbons (Fsp3) is 1.00. The first kappa shape index (κ1) is 15.1. The molecular weight excluding hydrogens is 290 g/mol. The normalized spacial score (nSPS) is 49.6. The lowest BCUT2D eigenvalue weighted by Crippen LogP contribution is -2.51. The quantitative estimate of drug-likeness (QED) is 0.726. The van der Waals surface area contributed by atoms with E-state index >= 15 is 0 Å². The molecule has 0 amide bonds. The maximum Gasteiger partial charge on any atom is 0.123 e. The first-order valence-electron chi connectivity index (χ1n) is 9.48. The van der Waals surface area contributed by atoms with E-state index in [1.807, 2.05) is 0 Å². The van der Waals surface area contributed by atoms with Crippen LogP contribution in [0.5, 0.6) is 0 Å². The predicted molar refractivity (Wildman–Crippen MR) is 96.4 cm³/mol. The highest BCUT2D eigenvalue weighted by atomic mass is 32.2. The van der Waals surface area contributed by atoms with Crippen LogP contribution in [0.4, 0.5) is 0 Å². The third-order valence-electron chi connectivity index (χ3n) is 7.62. The van der Waals surface area contributed by atoms with Crippen LogP contribution in [-0.4, -0.2) is 25.8 Å². The van der Waals surface area contributed by atoms with Crippen LogP contribution in [0.1, 0.15) is 51.4 Å². The fourth-order valence-corrected chi connectivity index (χ4v) is 12.9. The third kappa shape index (κ3) is 2.29. The Hall–Kier alpha value is 0.527. The summed E-state index contributed by atoms with van der Waals surface area (Å²) in [4.78, 5) is 3.84. The van der Waals surface area contributed by atoms with Crippen LogP contribution >= 0.6 is 11.8 Å². The zero-order chi connectivity index (χ0) is 14.6. The number of hydrogen-bond acceptors (Lipinski definition) is 2. The molecule has 0 aromatic rings. The highest BCUT2D eigenvalue weighted by Crippen LogP contribution is 2.67. The molecule has 0 aromatic carbocycles. The summed E-state index contributed by atoms with van der Waals surface area (Å²) in [5.41, 5.74) is 1.05. The van der Waals surface area contributed by atoms with E-state index in [0.717, 1.165) is 39.7 Å². The Labute approximate surface area is 136 Å². The van der Waals surface area contributed by atoms with Crippen molar-refractivity contribution in [1.29, 1.82) is 0 Å². The average Bonchev–Trinajstić information content (AvgIpc) is 3.01. The van der Waals surface area contributed by atoms with Gasteiger partial charge in [0.05, 0.1) is 0 Å². The molecule has 7 atom stereocenters. The first-order chi connectivity index (χ1) is 10.1. The Morgan fingerprint density at radius 2 is 1.48 bits per heavy atom. The molecule has 0 spiro atoms. The Morgan fingerprint density at radius 1 is 0.857 bits per heavy atom. The molecule has 0 aromatic heterocycles. The summed E-state index contributed by atoms with van der Waals surface area (Å²) in [6, 6.07) is 0. The molecule has 3 heteroatoms. The summed E-state index contributed by atoms with van der Waals surface area (Å²) in [6.07, 6.45) is 12.3. The van der Waals surface area contributed by atoms with Crippen LogP contribution in [0.15, 0.2) is 0 Å². The van der Waals surface area contributed by atoms with Crippen LogP contribution < -0.4 is 4.98 Å². The second-order valence-corrected chi connectivity index (χ2v) is 14.8. The Bertz CT molecular complexity index is 399. The second-order valence-electron chi connectivity index (χ2n) is 8.77. The Balaban J connectivity index is 1.68. The largest absolute Gasteiger partial charge is 0.340 e. The standard InChI is InChI=1S/C18H33NSSi/c1-19-21(2,3)18-13-9-5-4-8-12(13)16-14-10-6-7-11-15(14)20-17(16)18/h12-19H,4-11H2,1-3H3. The minimum Gasteiger partial charge on any atom is -0.340 e. The van der Waals surface area contributed by atoms with Gasteiger partial charge in [0.15, 0.2) is 0 Å². The number of thioether (sulfide) groups is 1. The summed E-state index contributed by atoms with van der Waals surface area (Å²) in [7, 11) is 0.981. The molecule has 4 aliphatic rings. The zero-order valence-corrected chi connectivity index (χ0v) is 15.9. The maximum atomic E-state index is 3.84. The Kier molecular flexibility index (Phi) is 3.99. The molecular formula is C18H33NSSi. The van der Waals surface area contributed by atoms with E-state index in [1.165, 1.54) is 32.1 Å². The van der Waals surface area contributed by atoms with Gasteiger partial charge in [-0.15, -0.1) is 0 Å². The zero-order valence-electron chi connectivity index (χ0n) is 14.1. The molecule has 3 aliphatic carbocycles. The van der Waals surface area contributed by atoms with Gasteiger partial charge < -0.3 is 4.98 Å². The van der Waals surface area contributed by atoms with Gasteiger partial charge in [-0.1, -0.05) is 45.2 Å². The molecule has 1 aliphatic heterocycles. The minimum absolute atomic E-state index is 1.03. The summed E-state index contributed by atoms with van der Waals surface area (Å²) < 4.78 is 0. The Morgan fingerprint density at radius 3 is 2.19 bits per heavy atom. The van der Waals surface area contributed by atoms with Crippen LogP contribution in [0.3, 0.4) is 0 Å². The first-order valence-corrected chi connectivity index (χ1v) is 13.5. The number of fused-ring (bicyclic) bond motifs is 5. The molecule has 1 N–H and O–H groups in total. The lowest BCUT2D eigenvalue weighted by atomic mass is 9.70. The number of rotatable bonds is 2. The van der Waals surface area contributed by atoms with E-state index in [1.54, 1.807) is 19.3 Å². The van der Waals surface area contributed by atoms with E-state index in [4.69, 9.17) is 0 Å². The SMILES string of the molecule is CN[Si](C)(C)C1C2CCCCC2C2C3CCCCC3SC21.